The van der Waals surface area contributed by atoms with Crippen LogP contribution in [0.1, 0.15) is 44.8 Å². The molecule has 0 aliphatic heterocycles. The van der Waals surface area contributed by atoms with Crippen LogP contribution >= 0.6 is 0 Å². The standard InChI is InChI=1S/C14H23NO2/c1-3-4-6-11(2)15-10-14(17)12-7-5-8-13(16)9-12/h5,7-9,11,14-17H,3-4,6,10H2,1-2H3/t11?,14-/m0/s1. The van der Waals surface area contributed by atoms with E-state index in [9.17, 15) is 10.2 Å². The molecule has 0 heterocycles. The Morgan fingerprint density at radius 3 is 2.76 bits per heavy atom. The topological polar surface area (TPSA) is 52.5 Å². The summed E-state index contributed by atoms with van der Waals surface area (Å²) >= 11 is 0. The number of phenolic OH excluding ortho intramolecular Hbond substituents is 1. The first kappa shape index (κ1) is 14.0. The number of hydrogen-bond acceptors (Lipinski definition) is 3. The third kappa shape index (κ3) is 5.20. The monoisotopic (exact) mass is 237 g/mol. The Morgan fingerprint density at radius 1 is 1.35 bits per heavy atom. The van der Waals surface area contributed by atoms with E-state index in [-0.39, 0.29) is 5.75 Å². The van der Waals surface area contributed by atoms with Gasteiger partial charge in [0, 0.05) is 12.6 Å². The van der Waals surface area contributed by atoms with Crippen molar-refractivity contribution in [2.24, 2.45) is 0 Å². The molecule has 0 spiro atoms. The van der Waals surface area contributed by atoms with Crippen LogP contribution < -0.4 is 5.32 Å². The van der Waals surface area contributed by atoms with E-state index in [0.717, 1.165) is 12.0 Å². The fourth-order valence-electron chi connectivity index (χ4n) is 1.78. The lowest BCUT2D eigenvalue weighted by molar-refractivity contribution is 0.169. The molecule has 0 bridgehead atoms. The first-order valence-electron chi connectivity index (χ1n) is 6.34. The van der Waals surface area contributed by atoms with Gasteiger partial charge in [-0.15, -0.1) is 0 Å². The molecule has 0 aliphatic rings. The fourth-order valence-corrected chi connectivity index (χ4v) is 1.78. The number of aromatic hydroxyl groups is 1. The fraction of sp³-hybridized carbons (Fsp3) is 0.571. The highest BCUT2D eigenvalue weighted by Gasteiger charge is 2.09. The average molecular weight is 237 g/mol. The number of unbranched alkanes of at least 4 members (excludes halogenated alkanes) is 1. The molecule has 1 aromatic rings. The number of rotatable bonds is 7. The molecular formula is C14H23NO2. The molecule has 96 valence electrons. The smallest absolute Gasteiger partial charge is 0.115 e. The summed E-state index contributed by atoms with van der Waals surface area (Å²) in [6.45, 7) is 4.83. The van der Waals surface area contributed by atoms with Crippen molar-refractivity contribution in [3.05, 3.63) is 29.8 Å². The summed E-state index contributed by atoms with van der Waals surface area (Å²) in [6, 6.07) is 7.19. The highest BCUT2D eigenvalue weighted by Crippen LogP contribution is 2.17. The molecule has 3 N–H and O–H groups in total. The van der Waals surface area contributed by atoms with Crippen LogP contribution in [0.3, 0.4) is 0 Å². The van der Waals surface area contributed by atoms with Crippen LogP contribution in [0.2, 0.25) is 0 Å². The molecule has 0 aliphatic carbocycles. The van der Waals surface area contributed by atoms with E-state index in [1.807, 2.05) is 6.07 Å². The van der Waals surface area contributed by atoms with Gasteiger partial charge in [-0.05, 0) is 31.0 Å². The van der Waals surface area contributed by atoms with Crippen LogP contribution in [0, 0.1) is 0 Å². The number of aliphatic hydroxyl groups is 1. The first-order chi connectivity index (χ1) is 8.13. The third-order valence-corrected chi connectivity index (χ3v) is 2.91. The van der Waals surface area contributed by atoms with Gasteiger partial charge in [0.1, 0.15) is 5.75 Å². The Bertz CT molecular complexity index is 328. The molecule has 3 nitrogen and oxygen atoms in total. The molecule has 0 saturated heterocycles. The van der Waals surface area contributed by atoms with E-state index >= 15 is 0 Å². The average Bonchev–Trinajstić information content (AvgIpc) is 2.33. The second-order valence-electron chi connectivity index (χ2n) is 4.56. The number of nitrogens with one attached hydrogen (secondary N) is 1. The van der Waals surface area contributed by atoms with E-state index in [1.54, 1.807) is 18.2 Å². The molecular weight excluding hydrogens is 214 g/mol. The second kappa shape index (κ2) is 7.30. The van der Waals surface area contributed by atoms with Crippen LogP contribution in [0.25, 0.3) is 0 Å². The van der Waals surface area contributed by atoms with Crippen LogP contribution in [-0.2, 0) is 0 Å². The molecule has 1 unspecified atom stereocenters. The summed E-state index contributed by atoms with van der Waals surface area (Å²) in [5.74, 6) is 0.195. The number of phenols is 1. The van der Waals surface area contributed by atoms with E-state index in [1.165, 1.54) is 12.8 Å². The zero-order valence-corrected chi connectivity index (χ0v) is 10.7. The molecule has 17 heavy (non-hydrogen) atoms. The lowest BCUT2D eigenvalue weighted by atomic mass is 10.1. The van der Waals surface area contributed by atoms with Crippen molar-refractivity contribution in [2.45, 2.75) is 45.3 Å². The normalized spacial score (nSPS) is 14.5. The molecule has 0 saturated carbocycles. The van der Waals surface area contributed by atoms with Gasteiger partial charge in [0.05, 0.1) is 6.10 Å². The second-order valence-corrected chi connectivity index (χ2v) is 4.56. The van der Waals surface area contributed by atoms with Crippen LogP contribution in [0.4, 0.5) is 0 Å². The molecule has 0 fully saturated rings. The Labute approximate surface area is 103 Å². The zero-order chi connectivity index (χ0) is 12.7. The lowest BCUT2D eigenvalue weighted by Crippen LogP contribution is -2.30. The maximum atomic E-state index is 9.95. The molecule has 1 aromatic carbocycles. The van der Waals surface area contributed by atoms with E-state index in [4.69, 9.17) is 0 Å². The Morgan fingerprint density at radius 2 is 2.12 bits per heavy atom. The van der Waals surface area contributed by atoms with Crippen molar-refractivity contribution in [2.75, 3.05) is 6.54 Å². The maximum Gasteiger partial charge on any atom is 0.115 e. The van der Waals surface area contributed by atoms with Gasteiger partial charge in [0.25, 0.3) is 0 Å². The van der Waals surface area contributed by atoms with Gasteiger partial charge in [-0.25, -0.2) is 0 Å². The van der Waals surface area contributed by atoms with Crippen molar-refractivity contribution in [3.63, 3.8) is 0 Å². The predicted octanol–water partition coefficient (Wildman–Crippen LogP) is 2.59. The van der Waals surface area contributed by atoms with Gasteiger partial charge >= 0.3 is 0 Å². The Balaban J connectivity index is 2.36. The van der Waals surface area contributed by atoms with Crippen molar-refractivity contribution in [1.29, 1.82) is 0 Å². The van der Waals surface area contributed by atoms with Crippen LogP contribution in [0.5, 0.6) is 5.75 Å². The summed E-state index contributed by atoms with van der Waals surface area (Å²) in [5, 5.41) is 22.6. The highest BCUT2D eigenvalue weighted by atomic mass is 16.3. The van der Waals surface area contributed by atoms with Gasteiger partial charge in [-0.1, -0.05) is 31.9 Å². The van der Waals surface area contributed by atoms with E-state index in [0.29, 0.717) is 12.6 Å². The van der Waals surface area contributed by atoms with Crippen molar-refractivity contribution < 1.29 is 10.2 Å². The SMILES string of the molecule is CCCCC(C)NC[C@H](O)c1cccc(O)c1. The quantitative estimate of drug-likeness (QED) is 0.683. The number of hydrogen-bond donors (Lipinski definition) is 3. The minimum Gasteiger partial charge on any atom is -0.508 e. The van der Waals surface area contributed by atoms with Crippen LogP contribution in [0.15, 0.2) is 24.3 Å². The first-order valence-corrected chi connectivity index (χ1v) is 6.34. The Hall–Kier alpha value is -1.06. The lowest BCUT2D eigenvalue weighted by Gasteiger charge is -2.17. The van der Waals surface area contributed by atoms with Crippen molar-refractivity contribution >= 4 is 0 Å². The summed E-state index contributed by atoms with van der Waals surface area (Å²) in [4.78, 5) is 0. The largest absolute Gasteiger partial charge is 0.508 e. The van der Waals surface area contributed by atoms with Crippen LogP contribution in [-0.4, -0.2) is 22.8 Å². The Kier molecular flexibility index (Phi) is 6.01. The molecule has 3 heteroatoms. The predicted molar refractivity (Wildman–Crippen MR) is 70.1 cm³/mol. The minimum atomic E-state index is -0.564. The zero-order valence-electron chi connectivity index (χ0n) is 10.7. The van der Waals surface area contributed by atoms with Gasteiger partial charge in [-0.3, -0.25) is 0 Å². The third-order valence-electron chi connectivity index (χ3n) is 2.91. The van der Waals surface area contributed by atoms with Crippen molar-refractivity contribution in [1.82, 2.24) is 5.32 Å². The molecule has 1 rings (SSSR count). The van der Waals surface area contributed by atoms with Gasteiger partial charge in [0.15, 0.2) is 0 Å². The molecule has 2 atom stereocenters. The summed E-state index contributed by atoms with van der Waals surface area (Å²) in [7, 11) is 0. The van der Waals surface area contributed by atoms with E-state index < -0.39 is 6.10 Å². The van der Waals surface area contributed by atoms with Gasteiger partial charge < -0.3 is 15.5 Å². The summed E-state index contributed by atoms with van der Waals surface area (Å²) in [6.07, 6.45) is 2.96. The summed E-state index contributed by atoms with van der Waals surface area (Å²) in [5.41, 5.74) is 0.750. The van der Waals surface area contributed by atoms with E-state index in [2.05, 4.69) is 19.2 Å². The molecule has 0 amide bonds. The van der Waals surface area contributed by atoms with Gasteiger partial charge in [-0.2, -0.15) is 0 Å². The highest BCUT2D eigenvalue weighted by molar-refractivity contribution is 5.28. The minimum absolute atomic E-state index is 0.195. The number of benzene rings is 1. The van der Waals surface area contributed by atoms with Crippen molar-refractivity contribution in [3.8, 4) is 5.75 Å². The molecule has 0 radical (unpaired) electrons. The van der Waals surface area contributed by atoms with Gasteiger partial charge in [0.2, 0.25) is 0 Å². The number of aliphatic hydroxyl groups excluding tert-OH is 1. The summed E-state index contributed by atoms with van der Waals surface area (Å²) < 4.78 is 0. The molecule has 0 aromatic heterocycles. The maximum absolute atomic E-state index is 9.95.